The number of nitrogen functional groups attached to an aromatic ring is 1. The molecule has 3 aromatic rings. The molecule has 2 aromatic heterocycles. The zero-order chi connectivity index (χ0) is 17.6. The molecule has 0 aliphatic carbocycles. The van der Waals surface area contributed by atoms with Gasteiger partial charge in [-0.05, 0) is 23.8 Å². The maximum Gasteiger partial charge on any atom is 0.339 e. The molecule has 0 spiro atoms. The SMILES string of the molecule is COC(=O)c1ccc(-c2cnc(N)c(OCc3ccccc3)c2)nc1. The van der Waals surface area contributed by atoms with Gasteiger partial charge in [-0.3, -0.25) is 4.98 Å². The number of carbonyl (C=O) groups excluding carboxylic acids is 1. The third-order valence-electron chi connectivity index (χ3n) is 3.60. The van der Waals surface area contributed by atoms with Crippen LogP contribution in [0.5, 0.6) is 5.75 Å². The predicted molar refractivity (Wildman–Crippen MR) is 94.0 cm³/mol. The van der Waals surface area contributed by atoms with Gasteiger partial charge in [0.05, 0.1) is 18.4 Å². The second kappa shape index (κ2) is 7.44. The van der Waals surface area contributed by atoms with Crippen molar-refractivity contribution in [2.45, 2.75) is 6.61 Å². The number of rotatable bonds is 5. The second-order valence-corrected chi connectivity index (χ2v) is 5.31. The molecular formula is C19H17N3O3. The quantitative estimate of drug-likeness (QED) is 0.721. The average Bonchev–Trinajstić information content (AvgIpc) is 2.67. The van der Waals surface area contributed by atoms with E-state index in [0.29, 0.717) is 29.4 Å². The minimum Gasteiger partial charge on any atom is -0.485 e. The molecule has 0 saturated carbocycles. The van der Waals surface area contributed by atoms with Crippen molar-refractivity contribution in [3.63, 3.8) is 0 Å². The van der Waals surface area contributed by atoms with E-state index < -0.39 is 5.97 Å². The fourth-order valence-corrected chi connectivity index (χ4v) is 2.25. The Morgan fingerprint density at radius 1 is 1.08 bits per heavy atom. The van der Waals surface area contributed by atoms with Gasteiger partial charge in [0.15, 0.2) is 11.6 Å². The van der Waals surface area contributed by atoms with Crippen molar-refractivity contribution in [2.75, 3.05) is 12.8 Å². The molecular weight excluding hydrogens is 318 g/mol. The van der Waals surface area contributed by atoms with E-state index in [-0.39, 0.29) is 0 Å². The number of hydrogen-bond acceptors (Lipinski definition) is 6. The number of nitrogens with zero attached hydrogens (tertiary/aromatic N) is 2. The highest BCUT2D eigenvalue weighted by Gasteiger charge is 2.09. The molecule has 1 aromatic carbocycles. The lowest BCUT2D eigenvalue weighted by molar-refractivity contribution is 0.0600. The third kappa shape index (κ3) is 3.92. The molecule has 6 heteroatoms. The number of carbonyl (C=O) groups is 1. The van der Waals surface area contributed by atoms with Crippen molar-refractivity contribution < 1.29 is 14.3 Å². The van der Waals surface area contributed by atoms with Gasteiger partial charge in [-0.15, -0.1) is 0 Å². The predicted octanol–water partition coefficient (Wildman–Crippen LogP) is 3.09. The summed E-state index contributed by atoms with van der Waals surface area (Å²) >= 11 is 0. The zero-order valence-corrected chi connectivity index (χ0v) is 13.7. The van der Waals surface area contributed by atoms with E-state index >= 15 is 0 Å². The zero-order valence-electron chi connectivity index (χ0n) is 13.7. The fraction of sp³-hybridized carbons (Fsp3) is 0.105. The van der Waals surface area contributed by atoms with E-state index in [4.69, 9.17) is 10.5 Å². The number of ether oxygens (including phenoxy) is 2. The molecule has 0 amide bonds. The Morgan fingerprint density at radius 3 is 2.56 bits per heavy atom. The number of anilines is 1. The van der Waals surface area contributed by atoms with Crippen LogP contribution in [0.2, 0.25) is 0 Å². The average molecular weight is 335 g/mol. The van der Waals surface area contributed by atoms with Gasteiger partial charge < -0.3 is 15.2 Å². The molecule has 3 rings (SSSR count). The van der Waals surface area contributed by atoms with E-state index in [1.807, 2.05) is 30.3 Å². The summed E-state index contributed by atoms with van der Waals surface area (Å²) in [6.07, 6.45) is 3.08. The van der Waals surface area contributed by atoms with Gasteiger partial charge in [0.25, 0.3) is 0 Å². The van der Waals surface area contributed by atoms with Crippen molar-refractivity contribution in [3.05, 3.63) is 72.1 Å². The molecule has 0 aliphatic heterocycles. The van der Waals surface area contributed by atoms with Crippen molar-refractivity contribution in [1.29, 1.82) is 0 Å². The monoisotopic (exact) mass is 335 g/mol. The third-order valence-corrected chi connectivity index (χ3v) is 3.60. The summed E-state index contributed by atoms with van der Waals surface area (Å²) in [6.45, 7) is 0.394. The van der Waals surface area contributed by atoms with Crippen LogP contribution in [-0.2, 0) is 11.3 Å². The van der Waals surface area contributed by atoms with E-state index in [0.717, 1.165) is 11.1 Å². The maximum atomic E-state index is 11.5. The first-order chi connectivity index (χ1) is 12.2. The van der Waals surface area contributed by atoms with Gasteiger partial charge >= 0.3 is 5.97 Å². The Hall–Kier alpha value is -3.41. The first-order valence-corrected chi connectivity index (χ1v) is 7.64. The van der Waals surface area contributed by atoms with E-state index in [9.17, 15) is 4.79 Å². The lowest BCUT2D eigenvalue weighted by Gasteiger charge is -2.10. The normalized spacial score (nSPS) is 10.3. The lowest BCUT2D eigenvalue weighted by atomic mass is 10.1. The molecule has 0 radical (unpaired) electrons. The first kappa shape index (κ1) is 16.4. The fourth-order valence-electron chi connectivity index (χ4n) is 2.25. The molecule has 126 valence electrons. The molecule has 0 bridgehead atoms. The Morgan fingerprint density at radius 2 is 1.88 bits per heavy atom. The van der Waals surface area contributed by atoms with Crippen LogP contribution in [0.15, 0.2) is 60.9 Å². The topological polar surface area (TPSA) is 87.3 Å². The summed E-state index contributed by atoms with van der Waals surface area (Å²) in [5.74, 6) is 0.368. The maximum absolute atomic E-state index is 11.5. The van der Waals surface area contributed by atoms with Crippen LogP contribution in [0, 0.1) is 0 Å². The van der Waals surface area contributed by atoms with Gasteiger partial charge in [0.2, 0.25) is 0 Å². The summed E-state index contributed by atoms with van der Waals surface area (Å²) in [4.78, 5) is 19.9. The van der Waals surface area contributed by atoms with Crippen LogP contribution in [0.4, 0.5) is 5.82 Å². The highest BCUT2D eigenvalue weighted by atomic mass is 16.5. The number of pyridine rings is 2. The van der Waals surface area contributed by atoms with Crippen molar-refractivity contribution in [3.8, 4) is 17.0 Å². The molecule has 0 aliphatic rings. The molecule has 0 saturated heterocycles. The summed E-state index contributed by atoms with van der Waals surface area (Å²) in [6, 6.07) is 14.9. The first-order valence-electron chi connectivity index (χ1n) is 7.64. The van der Waals surface area contributed by atoms with E-state index in [2.05, 4.69) is 14.7 Å². The van der Waals surface area contributed by atoms with Crippen molar-refractivity contribution >= 4 is 11.8 Å². The molecule has 25 heavy (non-hydrogen) atoms. The van der Waals surface area contributed by atoms with Crippen molar-refractivity contribution in [2.24, 2.45) is 0 Å². The highest BCUT2D eigenvalue weighted by molar-refractivity contribution is 5.89. The minimum atomic E-state index is -0.429. The summed E-state index contributed by atoms with van der Waals surface area (Å²) in [5.41, 5.74) is 8.72. The number of nitrogens with two attached hydrogens (primary N) is 1. The van der Waals surface area contributed by atoms with Crippen LogP contribution in [0.25, 0.3) is 11.3 Å². The van der Waals surface area contributed by atoms with Crippen LogP contribution >= 0.6 is 0 Å². The summed E-state index contributed by atoms with van der Waals surface area (Å²) in [5, 5.41) is 0. The van der Waals surface area contributed by atoms with Crippen LogP contribution in [-0.4, -0.2) is 23.0 Å². The number of hydrogen-bond donors (Lipinski definition) is 1. The Bertz CT molecular complexity index is 865. The molecule has 0 fully saturated rings. The molecule has 2 heterocycles. The van der Waals surface area contributed by atoms with Crippen LogP contribution in [0.1, 0.15) is 15.9 Å². The van der Waals surface area contributed by atoms with Gasteiger partial charge in [-0.2, -0.15) is 0 Å². The Balaban J connectivity index is 1.80. The summed E-state index contributed by atoms with van der Waals surface area (Å²) < 4.78 is 10.4. The van der Waals surface area contributed by atoms with Gasteiger partial charge in [0.1, 0.15) is 6.61 Å². The lowest BCUT2D eigenvalue weighted by Crippen LogP contribution is -2.02. The van der Waals surface area contributed by atoms with E-state index in [1.165, 1.54) is 13.3 Å². The molecule has 2 N–H and O–H groups in total. The Kier molecular flexibility index (Phi) is 4.89. The van der Waals surface area contributed by atoms with Crippen LogP contribution < -0.4 is 10.5 Å². The largest absolute Gasteiger partial charge is 0.485 e. The smallest absolute Gasteiger partial charge is 0.339 e. The van der Waals surface area contributed by atoms with Crippen LogP contribution in [0.3, 0.4) is 0 Å². The molecule has 6 nitrogen and oxygen atoms in total. The van der Waals surface area contributed by atoms with Gasteiger partial charge in [-0.1, -0.05) is 30.3 Å². The standard InChI is InChI=1S/C19H17N3O3/c1-24-19(23)14-7-8-16(21-10-14)15-9-17(18(20)22-11-15)25-12-13-5-3-2-4-6-13/h2-11H,12H2,1H3,(H2,20,22). The number of methoxy groups -OCH3 is 1. The minimum absolute atomic E-state index is 0.311. The highest BCUT2D eigenvalue weighted by Crippen LogP contribution is 2.26. The molecule has 0 unspecified atom stereocenters. The number of benzene rings is 1. The summed E-state index contributed by atoms with van der Waals surface area (Å²) in [7, 11) is 1.33. The van der Waals surface area contributed by atoms with Crippen molar-refractivity contribution in [1.82, 2.24) is 9.97 Å². The number of aromatic nitrogens is 2. The van der Waals surface area contributed by atoms with Gasteiger partial charge in [0, 0.05) is 18.0 Å². The number of esters is 1. The van der Waals surface area contributed by atoms with Gasteiger partial charge in [-0.25, -0.2) is 9.78 Å². The van der Waals surface area contributed by atoms with E-state index in [1.54, 1.807) is 24.4 Å². The Labute approximate surface area is 145 Å². The molecule has 0 atom stereocenters. The second-order valence-electron chi connectivity index (χ2n) is 5.31.